The molecule has 0 aliphatic carbocycles. The van der Waals surface area contributed by atoms with Crippen molar-refractivity contribution >= 4 is 23.8 Å². The lowest BCUT2D eigenvalue weighted by atomic mass is 9.93. The molecule has 1 heterocycles. The maximum absolute atomic E-state index is 12.8. The van der Waals surface area contributed by atoms with Crippen LogP contribution in [0.25, 0.3) is 0 Å². The van der Waals surface area contributed by atoms with Gasteiger partial charge >= 0.3 is 6.03 Å². The van der Waals surface area contributed by atoms with E-state index in [9.17, 15) is 19.2 Å². The van der Waals surface area contributed by atoms with Gasteiger partial charge in [0.25, 0.3) is 17.7 Å². The molecule has 0 bridgehead atoms. The first-order chi connectivity index (χ1) is 13.8. The van der Waals surface area contributed by atoms with Crippen molar-refractivity contribution in [2.75, 3.05) is 26.2 Å². The number of urea groups is 1. The number of hydrazine groups is 1. The van der Waals surface area contributed by atoms with Gasteiger partial charge in [-0.15, -0.1) is 0 Å². The summed E-state index contributed by atoms with van der Waals surface area (Å²) in [6.45, 7) is 6.53. The van der Waals surface area contributed by atoms with E-state index in [0.29, 0.717) is 25.9 Å². The zero-order valence-electron chi connectivity index (χ0n) is 17.2. The molecule has 29 heavy (non-hydrogen) atoms. The summed E-state index contributed by atoms with van der Waals surface area (Å²) >= 11 is 0. The summed E-state index contributed by atoms with van der Waals surface area (Å²) in [5.74, 6) is -1.14. The van der Waals surface area contributed by atoms with Gasteiger partial charge in [0.15, 0.2) is 13.1 Å². The Labute approximate surface area is 170 Å². The van der Waals surface area contributed by atoms with Gasteiger partial charge in [-0.25, -0.2) is 4.79 Å². The van der Waals surface area contributed by atoms with Crippen LogP contribution in [0.15, 0.2) is 30.3 Å². The number of nitrogens with one attached hydrogen (secondary N) is 4. The Morgan fingerprint density at radius 3 is 2.38 bits per heavy atom. The van der Waals surface area contributed by atoms with Gasteiger partial charge in [0, 0.05) is 6.54 Å². The Morgan fingerprint density at radius 1 is 1.10 bits per heavy atom. The number of aryl methyl sites for hydroxylation is 1. The van der Waals surface area contributed by atoms with Crippen molar-refractivity contribution < 1.29 is 24.1 Å². The van der Waals surface area contributed by atoms with Crippen molar-refractivity contribution in [1.82, 2.24) is 21.1 Å². The summed E-state index contributed by atoms with van der Waals surface area (Å²) in [5, 5.41) is 6.11. The lowest BCUT2D eigenvalue weighted by Gasteiger charge is -2.22. The predicted molar refractivity (Wildman–Crippen MR) is 107 cm³/mol. The Hall–Kier alpha value is -2.94. The Morgan fingerprint density at radius 2 is 1.76 bits per heavy atom. The fraction of sp³-hybridized carbons (Fsp3) is 0.500. The Bertz CT molecular complexity index is 754. The van der Waals surface area contributed by atoms with E-state index in [4.69, 9.17) is 0 Å². The molecule has 9 nitrogen and oxygen atoms in total. The van der Waals surface area contributed by atoms with Gasteiger partial charge in [-0.1, -0.05) is 30.3 Å². The van der Waals surface area contributed by atoms with E-state index in [0.717, 1.165) is 15.5 Å². The van der Waals surface area contributed by atoms with Gasteiger partial charge in [-0.05, 0) is 39.2 Å². The molecule has 2 atom stereocenters. The molecule has 1 aromatic carbocycles. The third-order valence-electron chi connectivity index (χ3n) is 4.95. The Balaban J connectivity index is 1.92. The number of benzene rings is 1. The number of quaternary nitrogens is 1. The van der Waals surface area contributed by atoms with Crippen LogP contribution >= 0.6 is 0 Å². The highest BCUT2D eigenvalue weighted by molar-refractivity contribution is 6.07. The number of likely N-dealkylation sites (N-methyl/N-ethyl adjacent to an activating group) is 2. The fourth-order valence-corrected chi connectivity index (χ4v) is 3.18. The number of carbonyl (C=O) groups excluding carboxylic acids is 4. The maximum atomic E-state index is 12.8. The van der Waals surface area contributed by atoms with Gasteiger partial charge in [-0.3, -0.25) is 19.8 Å². The number of nitrogens with zero attached hydrogens (tertiary/aromatic N) is 1. The van der Waals surface area contributed by atoms with Crippen LogP contribution in [-0.4, -0.2) is 60.5 Å². The third kappa shape index (κ3) is 6.02. The first-order valence-electron chi connectivity index (χ1n) is 9.89. The molecule has 4 N–H and O–H groups in total. The van der Waals surface area contributed by atoms with Crippen molar-refractivity contribution in [1.29, 1.82) is 0 Å². The zero-order valence-corrected chi connectivity index (χ0v) is 17.2. The highest BCUT2D eigenvalue weighted by Crippen LogP contribution is 2.22. The van der Waals surface area contributed by atoms with Crippen LogP contribution in [0.3, 0.4) is 0 Å². The number of hydrogen-bond acceptors (Lipinski definition) is 4. The van der Waals surface area contributed by atoms with Crippen molar-refractivity contribution in [3.05, 3.63) is 35.9 Å². The summed E-state index contributed by atoms with van der Waals surface area (Å²) < 4.78 is 0. The van der Waals surface area contributed by atoms with Crippen LogP contribution in [0.5, 0.6) is 0 Å². The quantitative estimate of drug-likeness (QED) is 0.375. The molecule has 5 amide bonds. The minimum absolute atomic E-state index is 0.0224. The normalized spacial score (nSPS) is 19.6. The molecule has 0 aromatic heterocycles. The van der Waals surface area contributed by atoms with E-state index < -0.39 is 23.4 Å². The summed E-state index contributed by atoms with van der Waals surface area (Å²) in [5.41, 5.74) is 2.36. The average molecular weight is 404 g/mol. The van der Waals surface area contributed by atoms with Crippen LogP contribution in [0.4, 0.5) is 4.79 Å². The van der Waals surface area contributed by atoms with E-state index in [-0.39, 0.29) is 19.0 Å². The first kappa shape index (κ1) is 22.4. The van der Waals surface area contributed by atoms with Gasteiger partial charge in [0.2, 0.25) is 0 Å². The maximum Gasteiger partial charge on any atom is 0.344 e. The van der Waals surface area contributed by atoms with Crippen LogP contribution in [0.1, 0.15) is 32.8 Å². The highest BCUT2D eigenvalue weighted by Gasteiger charge is 2.48. The summed E-state index contributed by atoms with van der Waals surface area (Å²) in [6.07, 6.45) is 1.03. The molecule has 1 aliphatic rings. The average Bonchev–Trinajstić information content (AvgIpc) is 2.90. The molecule has 9 heteroatoms. The molecule has 1 fully saturated rings. The van der Waals surface area contributed by atoms with Crippen LogP contribution < -0.4 is 21.0 Å². The highest BCUT2D eigenvalue weighted by atomic mass is 16.2. The molecular formula is C20H30N5O4+. The van der Waals surface area contributed by atoms with E-state index in [1.54, 1.807) is 6.92 Å². The van der Waals surface area contributed by atoms with E-state index in [2.05, 4.69) is 16.1 Å². The molecule has 0 radical (unpaired) electrons. The second-order valence-corrected chi connectivity index (χ2v) is 7.33. The van der Waals surface area contributed by atoms with Crippen LogP contribution in [0.2, 0.25) is 0 Å². The topological polar surface area (TPSA) is 112 Å². The monoisotopic (exact) mass is 404 g/mol. The molecule has 1 aromatic rings. The number of hydrogen-bond donors (Lipinski definition) is 4. The molecule has 0 saturated carbocycles. The molecule has 1 aliphatic heterocycles. The van der Waals surface area contributed by atoms with Crippen molar-refractivity contribution in [2.45, 2.75) is 39.2 Å². The van der Waals surface area contributed by atoms with Gasteiger partial charge in [-0.2, -0.15) is 5.01 Å². The first-order valence-corrected chi connectivity index (χ1v) is 9.89. The second kappa shape index (κ2) is 10.0. The van der Waals surface area contributed by atoms with Crippen molar-refractivity contribution in [2.24, 2.45) is 0 Å². The number of amides is 5. The lowest BCUT2D eigenvalue weighted by Crippen LogP contribution is -3.14. The Kier molecular flexibility index (Phi) is 7.72. The minimum Gasteiger partial charge on any atom is -0.351 e. The number of rotatable bonds is 10. The smallest absolute Gasteiger partial charge is 0.344 e. The third-order valence-corrected chi connectivity index (χ3v) is 4.95. The molecule has 158 valence electrons. The molecule has 1 saturated heterocycles. The standard InChI is InChI=1S/C20H29N5O4/c1-4-21-16(26)13-24(5-2)14-17(27)23-25-18(28)20(3,22-19(25)29)12-11-15-9-7-6-8-10-15/h6-10H,4-5,11-14H2,1-3H3,(H,21,26)(H,22,29)(H,23,27)/p+1/t20-/m0/s1. The SMILES string of the molecule is CCNC(=O)C[NH+](CC)CC(=O)NN1C(=O)N[C@@](C)(CCc2ccccc2)C1=O. The van der Waals surface area contributed by atoms with Crippen LogP contribution in [0, 0.1) is 0 Å². The number of carbonyl (C=O) groups is 4. The largest absolute Gasteiger partial charge is 0.351 e. The van der Waals surface area contributed by atoms with Crippen molar-refractivity contribution in [3.8, 4) is 0 Å². The minimum atomic E-state index is -1.08. The van der Waals surface area contributed by atoms with Crippen LogP contribution in [-0.2, 0) is 20.8 Å². The molecule has 0 spiro atoms. The number of imide groups is 1. The van der Waals surface area contributed by atoms with Gasteiger partial charge in [0.1, 0.15) is 5.54 Å². The lowest BCUT2D eigenvalue weighted by molar-refractivity contribution is -0.881. The summed E-state index contributed by atoms with van der Waals surface area (Å²) in [6, 6.07) is 9.02. The molecular weight excluding hydrogens is 374 g/mol. The molecule has 2 rings (SSSR count). The van der Waals surface area contributed by atoms with Gasteiger partial charge < -0.3 is 15.5 Å². The van der Waals surface area contributed by atoms with E-state index in [1.807, 2.05) is 44.2 Å². The zero-order chi connectivity index (χ0) is 21.4. The summed E-state index contributed by atoms with van der Waals surface area (Å²) in [4.78, 5) is 49.8. The van der Waals surface area contributed by atoms with Gasteiger partial charge in [0.05, 0.1) is 6.54 Å². The predicted octanol–water partition coefficient (Wildman–Crippen LogP) is -0.998. The van der Waals surface area contributed by atoms with Crippen molar-refractivity contribution in [3.63, 3.8) is 0 Å². The van der Waals surface area contributed by atoms with E-state index >= 15 is 0 Å². The second-order valence-electron chi connectivity index (χ2n) is 7.33. The molecule has 1 unspecified atom stereocenters. The fourth-order valence-electron chi connectivity index (χ4n) is 3.18. The summed E-state index contributed by atoms with van der Waals surface area (Å²) in [7, 11) is 0. The van der Waals surface area contributed by atoms with E-state index in [1.165, 1.54) is 0 Å².